The standard InChI is InChI=1S/C16H24N4O4/c1-10(17-15(23)24-16(2,3)4)13(21)19-20-9-5-6-12(20)14(22)18-11-7-8-11/h5-6,9-11H,7-8H2,1-4H3,(H,17,23)(H,18,22)(H,19,21)/t10-/m0/s1. The lowest BCUT2D eigenvalue weighted by atomic mass is 10.2. The summed E-state index contributed by atoms with van der Waals surface area (Å²) in [7, 11) is 0. The molecule has 24 heavy (non-hydrogen) atoms. The van der Waals surface area contributed by atoms with Gasteiger partial charge in [-0.1, -0.05) is 0 Å². The van der Waals surface area contributed by atoms with E-state index in [1.807, 2.05) is 0 Å². The van der Waals surface area contributed by atoms with Gasteiger partial charge in [0.1, 0.15) is 17.3 Å². The highest BCUT2D eigenvalue weighted by Gasteiger charge is 2.26. The fourth-order valence-electron chi connectivity index (χ4n) is 1.92. The number of carbonyl (C=O) groups is 3. The number of rotatable bonds is 5. The number of nitrogens with one attached hydrogen (secondary N) is 3. The highest BCUT2D eigenvalue weighted by atomic mass is 16.6. The predicted octanol–water partition coefficient (Wildman–Crippen LogP) is 1.36. The summed E-state index contributed by atoms with van der Waals surface area (Å²) in [5, 5.41) is 5.31. The van der Waals surface area contributed by atoms with Crippen LogP contribution < -0.4 is 16.1 Å². The average Bonchev–Trinajstić information content (AvgIpc) is 3.12. The van der Waals surface area contributed by atoms with Gasteiger partial charge < -0.3 is 15.4 Å². The first-order valence-corrected chi connectivity index (χ1v) is 7.94. The number of hydrogen-bond acceptors (Lipinski definition) is 4. The summed E-state index contributed by atoms with van der Waals surface area (Å²) >= 11 is 0. The summed E-state index contributed by atoms with van der Waals surface area (Å²) in [5.41, 5.74) is 2.27. The molecule has 1 aliphatic rings. The predicted molar refractivity (Wildman–Crippen MR) is 88.1 cm³/mol. The van der Waals surface area contributed by atoms with Crippen LogP contribution in [0.5, 0.6) is 0 Å². The van der Waals surface area contributed by atoms with Crippen molar-refractivity contribution in [2.24, 2.45) is 0 Å². The van der Waals surface area contributed by atoms with Crippen LogP contribution in [0.15, 0.2) is 18.3 Å². The topological polar surface area (TPSA) is 101 Å². The molecule has 2 rings (SSSR count). The Bertz CT molecular complexity index is 628. The molecule has 1 fully saturated rings. The van der Waals surface area contributed by atoms with Crippen molar-refractivity contribution in [3.63, 3.8) is 0 Å². The second-order valence-corrected chi connectivity index (χ2v) is 6.86. The molecule has 1 saturated carbocycles. The molecule has 0 aromatic carbocycles. The molecule has 0 saturated heterocycles. The van der Waals surface area contributed by atoms with Gasteiger partial charge in [0.25, 0.3) is 11.8 Å². The van der Waals surface area contributed by atoms with E-state index in [1.165, 1.54) is 11.6 Å². The van der Waals surface area contributed by atoms with E-state index >= 15 is 0 Å². The van der Waals surface area contributed by atoms with Gasteiger partial charge in [0.2, 0.25) is 0 Å². The molecular formula is C16H24N4O4. The van der Waals surface area contributed by atoms with Crippen LogP contribution >= 0.6 is 0 Å². The van der Waals surface area contributed by atoms with E-state index < -0.39 is 23.6 Å². The Balaban J connectivity index is 1.90. The van der Waals surface area contributed by atoms with E-state index in [2.05, 4.69) is 16.1 Å². The molecule has 0 unspecified atom stereocenters. The molecule has 1 aliphatic carbocycles. The lowest BCUT2D eigenvalue weighted by molar-refractivity contribution is -0.118. The van der Waals surface area contributed by atoms with Crippen LogP contribution in [0.2, 0.25) is 0 Å². The molecule has 132 valence electrons. The molecule has 0 spiro atoms. The Morgan fingerprint density at radius 1 is 1.29 bits per heavy atom. The minimum atomic E-state index is -0.818. The van der Waals surface area contributed by atoms with Gasteiger partial charge >= 0.3 is 6.09 Å². The molecule has 3 amide bonds. The molecule has 3 N–H and O–H groups in total. The Kier molecular flexibility index (Phi) is 5.16. The lowest BCUT2D eigenvalue weighted by Gasteiger charge is -2.22. The maximum absolute atomic E-state index is 12.2. The van der Waals surface area contributed by atoms with Crippen LogP contribution in [0.4, 0.5) is 4.79 Å². The van der Waals surface area contributed by atoms with E-state index in [-0.39, 0.29) is 11.9 Å². The molecule has 0 bridgehead atoms. The van der Waals surface area contributed by atoms with Crippen molar-refractivity contribution in [2.75, 3.05) is 5.43 Å². The SMILES string of the molecule is C[C@H](NC(=O)OC(C)(C)C)C(=O)Nn1cccc1C(=O)NC1CC1. The van der Waals surface area contributed by atoms with Gasteiger partial charge in [0, 0.05) is 12.2 Å². The van der Waals surface area contributed by atoms with E-state index in [0.29, 0.717) is 5.69 Å². The van der Waals surface area contributed by atoms with E-state index in [1.54, 1.807) is 39.1 Å². The minimum absolute atomic E-state index is 0.226. The third-order valence-corrected chi connectivity index (χ3v) is 3.25. The highest BCUT2D eigenvalue weighted by molar-refractivity contribution is 5.95. The zero-order valence-corrected chi connectivity index (χ0v) is 14.4. The first-order chi connectivity index (χ1) is 11.2. The molecule has 1 heterocycles. The lowest BCUT2D eigenvalue weighted by Crippen LogP contribution is -2.46. The number of nitrogens with zero attached hydrogens (tertiary/aromatic N) is 1. The van der Waals surface area contributed by atoms with E-state index in [4.69, 9.17) is 4.74 Å². The smallest absolute Gasteiger partial charge is 0.408 e. The van der Waals surface area contributed by atoms with E-state index in [0.717, 1.165) is 12.8 Å². The fourth-order valence-corrected chi connectivity index (χ4v) is 1.92. The third-order valence-electron chi connectivity index (χ3n) is 3.25. The van der Waals surface area contributed by atoms with Crippen LogP contribution in [0.25, 0.3) is 0 Å². The summed E-state index contributed by atoms with van der Waals surface area (Å²) in [5.74, 6) is -0.701. The van der Waals surface area contributed by atoms with Gasteiger partial charge in [-0.2, -0.15) is 0 Å². The van der Waals surface area contributed by atoms with Gasteiger partial charge in [-0.25, -0.2) is 4.79 Å². The number of carbonyl (C=O) groups excluding carboxylic acids is 3. The van der Waals surface area contributed by atoms with Gasteiger partial charge in [-0.15, -0.1) is 0 Å². The molecule has 8 nitrogen and oxygen atoms in total. The highest BCUT2D eigenvalue weighted by Crippen LogP contribution is 2.19. The summed E-state index contributed by atoms with van der Waals surface area (Å²) in [6.45, 7) is 6.75. The Morgan fingerprint density at radius 2 is 1.96 bits per heavy atom. The van der Waals surface area contributed by atoms with Gasteiger partial charge in [0.05, 0.1) is 0 Å². The fraction of sp³-hybridized carbons (Fsp3) is 0.562. The monoisotopic (exact) mass is 336 g/mol. The van der Waals surface area contributed by atoms with Crippen LogP contribution in [-0.4, -0.2) is 40.3 Å². The summed E-state index contributed by atoms with van der Waals surface area (Å²) in [4.78, 5) is 36.0. The molecule has 8 heteroatoms. The largest absolute Gasteiger partial charge is 0.444 e. The number of ether oxygens (including phenoxy) is 1. The third kappa shape index (κ3) is 5.29. The van der Waals surface area contributed by atoms with Crippen molar-refractivity contribution in [3.8, 4) is 0 Å². The number of hydrogen-bond donors (Lipinski definition) is 3. The molecular weight excluding hydrogens is 312 g/mol. The number of amides is 3. The van der Waals surface area contributed by atoms with Crippen LogP contribution in [0.1, 0.15) is 51.0 Å². The Hall–Kier alpha value is -2.51. The normalized spacial score (nSPS) is 15.3. The van der Waals surface area contributed by atoms with Crippen molar-refractivity contribution in [3.05, 3.63) is 24.0 Å². The molecule has 0 radical (unpaired) electrons. The second-order valence-electron chi connectivity index (χ2n) is 6.86. The van der Waals surface area contributed by atoms with Gasteiger partial charge in [0.15, 0.2) is 0 Å². The number of aromatic nitrogens is 1. The second kappa shape index (κ2) is 6.94. The quantitative estimate of drug-likeness (QED) is 0.755. The maximum Gasteiger partial charge on any atom is 0.408 e. The van der Waals surface area contributed by atoms with E-state index in [9.17, 15) is 14.4 Å². The molecule has 1 aromatic rings. The van der Waals surface area contributed by atoms with Crippen molar-refractivity contribution < 1.29 is 19.1 Å². The zero-order valence-electron chi connectivity index (χ0n) is 14.4. The van der Waals surface area contributed by atoms with Gasteiger partial charge in [-0.3, -0.25) is 19.7 Å². The van der Waals surface area contributed by atoms with Crippen LogP contribution in [0, 0.1) is 0 Å². The summed E-state index contributed by atoms with van der Waals surface area (Å²) in [6, 6.07) is 2.68. The van der Waals surface area contributed by atoms with Crippen molar-refractivity contribution in [1.29, 1.82) is 0 Å². The molecule has 0 aliphatic heterocycles. The first-order valence-electron chi connectivity index (χ1n) is 7.94. The van der Waals surface area contributed by atoms with Crippen molar-refractivity contribution in [2.45, 2.75) is 58.2 Å². The summed E-state index contributed by atoms with van der Waals surface area (Å²) in [6.07, 6.45) is 2.86. The molecule has 1 atom stereocenters. The van der Waals surface area contributed by atoms with Crippen molar-refractivity contribution in [1.82, 2.24) is 15.3 Å². The van der Waals surface area contributed by atoms with Crippen LogP contribution in [-0.2, 0) is 9.53 Å². The van der Waals surface area contributed by atoms with Gasteiger partial charge in [-0.05, 0) is 52.7 Å². The van der Waals surface area contributed by atoms with Crippen molar-refractivity contribution >= 4 is 17.9 Å². The molecule has 1 aromatic heterocycles. The minimum Gasteiger partial charge on any atom is -0.444 e. The Morgan fingerprint density at radius 3 is 2.54 bits per heavy atom. The Labute approximate surface area is 140 Å². The zero-order chi connectivity index (χ0) is 17.9. The first kappa shape index (κ1) is 17.8. The maximum atomic E-state index is 12.2. The summed E-state index contributed by atoms with van der Waals surface area (Å²) < 4.78 is 6.45. The number of alkyl carbamates (subject to hydrolysis) is 1. The van der Waals surface area contributed by atoms with Crippen LogP contribution in [0.3, 0.4) is 0 Å². The average molecular weight is 336 g/mol.